The van der Waals surface area contributed by atoms with E-state index in [9.17, 15) is 0 Å². The minimum atomic E-state index is -1.12. The van der Waals surface area contributed by atoms with Gasteiger partial charge in [-0.2, -0.15) is 0 Å². The quantitative estimate of drug-likeness (QED) is 0.628. The molecule has 0 aliphatic heterocycles. The van der Waals surface area contributed by atoms with Crippen molar-refractivity contribution in [1.29, 1.82) is 0 Å². The Labute approximate surface area is 82.3 Å². The third-order valence-corrected chi connectivity index (χ3v) is 4.31. The van der Waals surface area contributed by atoms with Crippen molar-refractivity contribution in [2.24, 2.45) is 0 Å². The standard InChI is InChI=1S/C12H18Si/c1-10(2)11-6-8-12(9-7-11)13(3,4)5/h6-9H,1H2,2-5H3. The number of allylic oxidation sites excluding steroid dienone is 1. The monoisotopic (exact) mass is 190 g/mol. The summed E-state index contributed by atoms with van der Waals surface area (Å²) in [5, 5.41) is 1.51. The van der Waals surface area contributed by atoms with Gasteiger partial charge in [0.2, 0.25) is 0 Å². The highest BCUT2D eigenvalue weighted by atomic mass is 28.3. The molecule has 0 nitrogen and oxygen atoms in total. The second kappa shape index (κ2) is 3.50. The lowest BCUT2D eigenvalue weighted by molar-refractivity contribution is 1.58. The molecule has 0 aliphatic carbocycles. The molecule has 0 radical (unpaired) electrons. The highest BCUT2D eigenvalue weighted by molar-refractivity contribution is 6.88. The van der Waals surface area contributed by atoms with E-state index in [-0.39, 0.29) is 0 Å². The van der Waals surface area contributed by atoms with E-state index in [2.05, 4.69) is 50.5 Å². The molecule has 0 bridgehead atoms. The Kier molecular flexibility index (Phi) is 2.76. The van der Waals surface area contributed by atoms with Crippen LogP contribution in [-0.2, 0) is 0 Å². The van der Waals surface area contributed by atoms with Crippen LogP contribution >= 0.6 is 0 Å². The summed E-state index contributed by atoms with van der Waals surface area (Å²) in [5.41, 5.74) is 2.39. The summed E-state index contributed by atoms with van der Waals surface area (Å²) < 4.78 is 0. The lowest BCUT2D eigenvalue weighted by atomic mass is 10.1. The van der Waals surface area contributed by atoms with Crippen LogP contribution in [0.2, 0.25) is 19.6 Å². The molecule has 0 unspecified atom stereocenters. The normalized spacial score (nSPS) is 11.4. The molecule has 0 amide bonds. The topological polar surface area (TPSA) is 0 Å². The maximum absolute atomic E-state index is 3.93. The summed E-state index contributed by atoms with van der Waals surface area (Å²) in [6.07, 6.45) is 0. The van der Waals surface area contributed by atoms with Gasteiger partial charge in [-0.3, -0.25) is 0 Å². The van der Waals surface area contributed by atoms with Gasteiger partial charge in [-0.25, -0.2) is 0 Å². The van der Waals surface area contributed by atoms with Crippen LogP contribution < -0.4 is 5.19 Å². The predicted molar refractivity (Wildman–Crippen MR) is 64.1 cm³/mol. The average molecular weight is 190 g/mol. The van der Waals surface area contributed by atoms with Crippen LogP contribution in [-0.4, -0.2) is 8.07 Å². The third kappa shape index (κ3) is 2.56. The molecule has 0 aliphatic rings. The molecular weight excluding hydrogens is 172 g/mol. The first-order valence-corrected chi connectivity index (χ1v) is 8.17. The second-order valence-electron chi connectivity index (χ2n) is 4.61. The first-order valence-electron chi connectivity index (χ1n) is 4.67. The van der Waals surface area contributed by atoms with Gasteiger partial charge in [-0.15, -0.1) is 0 Å². The molecule has 0 saturated carbocycles. The minimum absolute atomic E-state index is 1.12. The summed E-state index contributed by atoms with van der Waals surface area (Å²) in [7, 11) is -1.12. The first-order chi connectivity index (χ1) is 5.91. The van der Waals surface area contributed by atoms with Crippen LogP contribution in [0.4, 0.5) is 0 Å². The van der Waals surface area contributed by atoms with E-state index in [0.717, 1.165) is 5.57 Å². The van der Waals surface area contributed by atoms with Crippen LogP contribution in [0.15, 0.2) is 30.8 Å². The van der Waals surface area contributed by atoms with E-state index in [1.54, 1.807) is 0 Å². The molecule has 0 fully saturated rings. The summed E-state index contributed by atoms with van der Waals surface area (Å²) in [6.45, 7) is 13.1. The summed E-state index contributed by atoms with van der Waals surface area (Å²) in [5.74, 6) is 0. The third-order valence-electron chi connectivity index (χ3n) is 2.24. The molecule has 1 aromatic rings. The second-order valence-corrected chi connectivity index (χ2v) is 9.69. The zero-order chi connectivity index (χ0) is 10.1. The predicted octanol–water partition coefficient (Wildman–Crippen LogP) is 3.26. The number of hydrogen-bond donors (Lipinski definition) is 0. The molecule has 1 rings (SSSR count). The molecule has 1 aromatic carbocycles. The van der Waals surface area contributed by atoms with Crippen LogP contribution in [0.3, 0.4) is 0 Å². The summed E-state index contributed by atoms with van der Waals surface area (Å²) in [6, 6.07) is 8.85. The largest absolute Gasteiger partial charge is 0.0955 e. The van der Waals surface area contributed by atoms with E-state index < -0.39 is 8.07 Å². The van der Waals surface area contributed by atoms with E-state index in [4.69, 9.17) is 0 Å². The maximum atomic E-state index is 3.93. The summed E-state index contributed by atoms with van der Waals surface area (Å²) in [4.78, 5) is 0. The Morgan fingerprint density at radius 3 is 1.85 bits per heavy atom. The van der Waals surface area contributed by atoms with Gasteiger partial charge in [0.15, 0.2) is 0 Å². The molecular formula is C12H18Si. The zero-order valence-electron chi connectivity index (χ0n) is 9.02. The Bertz CT molecular complexity index is 301. The van der Waals surface area contributed by atoms with E-state index in [1.165, 1.54) is 10.8 Å². The van der Waals surface area contributed by atoms with Crippen molar-refractivity contribution in [3.63, 3.8) is 0 Å². The molecule has 0 spiro atoms. The Hall–Kier alpha value is -0.823. The van der Waals surface area contributed by atoms with Gasteiger partial charge in [-0.05, 0) is 12.5 Å². The van der Waals surface area contributed by atoms with E-state index in [0.29, 0.717) is 0 Å². The molecule has 1 heteroatoms. The molecule has 0 N–H and O–H groups in total. The van der Waals surface area contributed by atoms with Gasteiger partial charge < -0.3 is 0 Å². The lowest BCUT2D eigenvalue weighted by Crippen LogP contribution is -2.37. The van der Waals surface area contributed by atoms with Crippen LogP contribution in [0, 0.1) is 0 Å². The van der Waals surface area contributed by atoms with Crippen LogP contribution in [0.5, 0.6) is 0 Å². The molecule has 13 heavy (non-hydrogen) atoms. The molecule has 0 heterocycles. The van der Waals surface area contributed by atoms with Crippen LogP contribution in [0.1, 0.15) is 12.5 Å². The summed E-state index contributed by atoms with van der Waals surface area (Å²) >= 11 is 0. The van der Waals surface area contributed by atoms with Gasteiger partial charge in [-0.1, -0.05) is 61.2 Å². The van der Waals surface area contributed by atoms with Crippen molar-refractivity contribution < 1.29 is 0 Å². The van der Waals surface area contributed by atoms with Gasteiger partial charge in [0, 0.05) is 0 Å². The van der Waals surface area contributed by atoms with Crippen molar-refractivity contribution in [3.05, 3.63) is 36.4 Å². The van der Waals surface area contributed by atoms with Crippen molar-refractivity contribution in [2.75, 3.05) is 0 Å². The van der Waals surface area contributed by atoms with Gasteiger partial charge in [0.05, 0.1) is 8.07 Å². The molecule has 70 valence electrons. The Balaban J connectivity index is 3.01. The molecule has 0 aromatic heterocycles. The maximum Gasteiger partial charge on any atom is 0.0775 e. The van der Waals surface area contributed by atoms with Crippen molar-refractivity contribution in [2.45, 2.75) is 26.6 Å². The van der Waals surface area contributed by atoms with Crippen LogP contribution in [0.25, 0.3) is 5.57 Å². The van der Waals surface area contributed by atoms with Crippen molar-refractivity contribution in [1.82, 2.24) is 0 Å². The number of rotatable bonds is 2. The Morgan fingerprint density at radius 2 is 1.54 bits per heavy atom. The minimum Gasteiger partial charge on any atom is -0.0955 e. The fraction of sp³-hybridized carbons (Fsp3) is 0.333. The Morgan fingerprint density at radius 1 is 1.08 bits per heavy atom. The van der Waals surface area contributed by atoms with E-state index >= 15 is 0 Å². The van der Waals surface area contributed by atoms with E-state index in [1.807, 2.05) is 6.92 Å². The first kappa shape index (κ1) is 10.3. The highest BCUT2D eigenvalue weighted by Gasteiger charge is 2.15. The number of benzene rings is 1. The SMILES string of the molecule is C=C(C)c1ccc([Si](C)(C)C)cc1. The van der Waals surface area contributed by atoms with Crippen molar-refractivity contribution >= 4 is 18.8 Å². The smallest absolute Gasteiger partial charge is 0.0775 e. The number of hydrogen-bond acceptors (Lipinski definition) is 0. The fourth-order valence-electron chi connectivity index (χ4n) is 1.25. The lowest BCUT2D eigenvalue weighted by Gasteiger charge is -2.16. The highest BCUT2D eigenvalue weighted by Crippen LogP contribution is 2.10. The van der Waals surface area contributed by atoms with Crippen molar-refractivity contribution in [3.8, 4) is 0 Å². The fourth-order valence-corrected chi connectivity index (χ4v) is 2.42. The molecule has 0 saturated heterocycles. The molecule has 0 atom stereocenters. The van der Waals surface area contributed by atoms with Gasteiger partial charge >= 0.3 is 0 Å². The average Bonchev–Trinajstić information content (AvgIpc) is 2.03. The van der Waals surface area contributed by atoms with Gasteiger partial charge in [0.1, 0.15) is 0 Å². The zero-order valence-corrected chi connectivity index (χ0v) is 10.0. The van der Waals surface area contributed by atoms with Gasteiger partial charge in [0.25, 0.3) is 0 Å².